The van der Waals surface area contributed by atoms with Gasteiger partial charge in [0.05, 0.1) is 32.9 Å². The van der Waals surface area contributed by atoms with Gasteiger partial charge in [-0.1, -0.05) is 0 Å². The van der Waals surface area contributed by atoms with Crippen LogP contribution < -0.4 is 38.4 Å². The van der Waals surface area contributed by atoms with E-state index in [1.807, 2.05) is 6.07 Å². The zero-order valence-corrected chi connectivity index (χ0v) is 12.8. The molecule has 1 aromatic carbocycles. The lowest BCUT2D eigenvalue weighted by atomic mass is 9.98. The van der Waals surface area contributed by atoms with Gasteiger partial charge in [-0.15, -0.1) is 0 Å². The topological polar surface area (TPSA) is 22.9 Å². The molecule has 0 spiro atoms. The molecule has 1 atom stereocenters. The molecule has 1 aromatic rings. The predicted octanol–water partition coefficient (Wildman–Crippen LogP) is -2.33. The molecule has 0 radical (unpaired) electrons. The molecule has 1 N–H and O–H groups in total. The van der Waals surface area contributed by atoms with E-state index in [0.29, 0.717) is 0 Å². The summed E-state index contributed by atoms with van der Waals surface area (Å²) in [5.41, 5.74) is 2.74. The van der Waals surface area contributed by atoms with Crippen LogP contribution in [0, 0.1) is 0 Å². The molecule has 0 amide bonds. The Hall–Kier alpha value is -0.490. The van der Waals surface area contributed by atoms with Crippen molar-refractivity contribution >= 4 is 0 Å². The number of fused-ring (bicyclic) bond motifs is 1. The average molecular weight is 349 g/mol. The molecular weight excluding hydrogens is 329 g/mol. The quantitative estimate of drug-likeness (QED) is 0.619. The van der Waals surface area contributed by atoms with E-state index in [-0.39, 0.29) is 24.0 Å². The summed E-state index contributed by atoms with van der Waals surface area (Å²) in [4.78, 5) is 1.62. The second-order valence-corrected chi connectivity index (χ2v) is 4.25. The lowest BCUT2D eigenvalue weighted by Gasteiger charge is -2.26. The number of hydrogen-bond acceptors (Lipinski definition) is 2. The van der Waals surface area contributed by atoms with Crippen LogP contribution in [-0.4, -0.2) is 27.3 Å². The second kappa shape index (κ2) is 6.44. The largest absolute Gasteiger partial charge is 1.00 e. The molecule has 4 heteroatoms. The molecule has 96 valence electrons. The van der Waals surface area contributed by atoms with Gasteiger partial charge in [-0.05, 0) is 18.6 Å². The monoisotopic (exact) mass is 349 g/mol. The van der Waals surface area contributed by atoms with Crippen LogP contribution in [0.25, 0.3) is 0 Å². The molecule has 0 fully saturated rings. The average Bonchev–Trinajstić information content (AvgIpc) is 2.36. The maximum atomic E-state index is 5.45. The molecule has 17 heavy (non-hydrogen) atoms. The fraction of sp³-hybridized carbons (Fsp3) is 0.538. The third kappa shape index (κ3) is 3.04. The lowest BCUT2D eigenvalue weighted by Crippen LogP contribution is -3.11. The SMILES string of the molecule is CC[NH+]1CCc2cc(OC)cc(OC)c2C1.[I-]. The standard InChI is InChI=1S/C13H19NO2.HI/c1-4-14-6-5-10-7-11(15-2)8-13(16-3)12(10)9-14;/h7-8H,4-6,9H2,1-3H3;1H. The summed E-state index contributed by atoms with van der Waals surface area (Å²) in [5, 5.41) is 0. The Balaban J connectivity index is 0.00000144. The van der Waals surface area contributed by atoms with Gasteiger partial charge in [-0.25, -0.2) is 0 Å². The van der Waals surface area contributed by atoms with E-state index >= 15 is 0 Å². The zero-order chi connectivity index (χ0) is 11.5. The number of quaternary nitrogens is 1. The van der Waals surface area contributed by atoms with Gasteiger partial charge in [0.2, 0.25) is 0 Å². The Morgan fingerprint density at radius 2 is 2.00 bits per heavy atom. The maximum Gasteiger partial charge on any atom is 0.131 e. The van der Waals surface area contributed by atoms with E-state index in [9.17, 15) is 0 Å². The first-order chi connectivity index (χ1) is 7.78. The van der Waals surface area contributed by atoms with Crippen molar-refractivity contribution in [1.82, 2.24) is 0 Å². The minimum Gasteiger partial charge on any atom is -1.00 e. The minimum absolute atomic E-state index is 0. The number of hydrogen-bond donors (Lipinski definition) is 1. The molecule has 0 saturated heterocycles. The number of likely N-dealkylation sites (N-methyl/N-ethyl adjacent to an activating group) is 1. The molecule has 0 aliphatic carbocycles. The number of nitrogens with one attached hydrogen (secondary N) is 1. The number of rotatable bonds is 3. The summed E-state index contributed by atoms with van der Waals surface area (Å²) in [6.45, 7) is 5.68. The fourth-order valence-corrected chi connectivity index (χ4v) is 2.35. The Morgan fingerprint density at radius 3 is 2.59 bits per heavy atom. The first kappa shape index (κ1) is 14.6. The van der Waals surface area contributed by atoms with Crippen molar-refractivity contribution in [3.63, 3.8) is 0 Å². The smallest absolute Gasteiger partial charge is 0.131 e. The summed E-state index contributed by atoms with van der Waals surface area (Å²) in [6, 6.07) is 4.13. The molecule has 1 aliphatic heterocycles. The molecule has 1 aliphatic rings. The van der Waals surface area contributed by atoms with Crippen LogP contribution in [0.15, 0.2) is 12.1 Å². The number of ether oxygens (including phenoxy) is 2. The predicted molar refractivity (Wildman–Crippen MR) is 63.3 cm³/mol. The first-order valence-electron chi connectivity index (χ1n) is 5.85. The fourth-order valence-electron chi connectivity index (χ4n) is 2.35. The van der Waals surface area contributed by atoms with Crippen LogP contribution in [0.2, 0.25) is 0 Å². The van der Waals surface area contributed by atoms with Gasteiger partial charge in [0.25, 0.3) is 0 Å². The summed E-state index contributed by atoms with van der Waals surface area (Å²) >= 11 is 0. The van der Waals surface area contributed by atoms with E-state index in [0.717, 1.165) is 24.5 Å². The van der Waals surface area contributed by atoms with Gasteiger partial charge in [0, 0.05) is 12.5 Å². The Bertz CT molecular complexity index is 365. The van der Waals surface area contributed by atoms with E-state index < -0.39 is 0 Å². The van der Waals surface area contributed by atoms with Gasteiger partial charge in [0.1, 0.15) is 18.0 Å². The van der Waals surface area contributed by atoms with Crippen molar-refractivity contribution in [2.75, 3.05) is 27.3 Å². The van der Waals surface area contributed by atoms with Crippen molar-refractivity contribution in [3.8, 4) is 11.5 Å². The number of benzene rings is 1. The molecule has 0 saturated carbocycles. The summed E-state index contributed by atoms with van der Waals surface area (Å²) in [5.74, 6) is 1.87. The first-order valence-corrected chi connectivity index (χ1v) is 5.85. The van der Waals surface area contributed by atoms with E-state index in [4.69, 9.17) is 9.47 Å². The van der Waals surface area contributed by atoms with Crippen molar-refractivity contribution in [2.24, 2.45) is 0 Å². The molecule has 3 nitrogen and oxygen atoms in total. The molecule has 1 heterocycles. The molecule has 1 unspecified atom stereocenters. The van der Waals surface area contributed by atoms with Crippen molar-refractivity contribution in [1.29, 1.82) is 0 Å². The molecule has 0 aromatic heterocycles. The van der Waals surface area contributed by atoms with Gasteiger partial charge in [-0.3, -0.25) is 0 Å². The van der Waals surface area contributed by atoms with E-state index in [1.54, 1.807) is 19.1 Å². The van der Waals surface area contributed by atoms with Gasteiger partial charge >= 0.3 is 0 Å². The van der Waals surface area contributed by atoms with Crippen molar-refractivity contribution in [3.05, 3.63) is 23.3 Å². The van der Waals surface area contributed by atoms with Crippen molar-refractivity contribution in [2.45, 2.75) is 19.9 Å². The molecule has 0 bridgehead atoms. The van der Waals surface area contributed by atoms with Crippen LogP contribution in [0.5, 0.6) is 11.5 Å². The lowest BCUT2D eigenvalue weighted by molar-refractivity contribution is -0.914. The normalized spacial score (nSPS) is 17.9. The number of methoxy groups -OCH3 is 2. The minimum atomic E-state index is 0. The van der Waals surface area contributed by atoms with Crippen LogP contribution in [0.3, 0.4) is 0 Å². The summed E-state index contributed by atoms with van der Waals surface area (Å²) in [7, 11) is 3.43. The number of halogens is 1. The Morgan fingerprint density at radius 1 is 1.24 bits per heavy atom. The zero-order valence-electron chi connectivity index (χ0n) is 10.7. The summed E-state index contributed by atoms with van der Waals surface area (Å²) in [6.07, 6.45) is 1.12. The third-order valence-corrected chi connectivity index (χ3v) is 3.41. The van der Waals surface area contributed by atoms with Crippen LogP contribution in [0.4, 0.5) is 0 Å². The van der Waals surface area contributed by atoms with Gasteiger partial charge < -0.3 is 38.4 Å². The van der Waals surface area contributed by atoms with E-state index in [2.05, 4.69) is 13.0 Å². The second-order valence-electron chi connectivity index (χ2n) is 4.25. The van der Waals surface area contributed by atoms with E-state index in [1.165, 1.54) is 24.2 Å². The summed E-state index contributed by atoms with van der Waals surface area (Å²) < 4.78 is 10.7. The van der Waals surface area contributed by atoms with Gasteiger partial charge in [0.15, 0.2) is 0 Å². The maximum absolute atomic E-state index is 5.45. The van der Waals surface area contributed by atoms with Crippen LogP contribution >= 0.6 is 0 Å². The van der Waals surface area contributed by atoms with Gasteiger partial charge in [-0.2, -0.15) is 0 Å². The molecular formula is C13H20INO2. The third-order valence-electron chi connectivity index (χ3n) is 3.41. The highest BCUT2D eigenvalue weighted by Crippen LogP contribution is 2.29. The van der Waals surface area contributed by atoms with Crippen molar-refractivity contribution < 1.29 is 38.4 Å². The van der Waals surface area contributed by atoms with Crippen LogP contribution in [-0.2, 0) is 13.0 Å². The Kier molecular flexibility index (Phi) is 5.52. The molecule has 2 rings (SSSR count). The highest BCUT2D eigenvalue weighted by molar-refractivity contribution is 5.47. The Labute approximate surface area is 120 Å². The highest BCUT2D eigenvalue weighted by atomic mass is 127. The van der Waals surface area contributed by atoms with Crippen LogP contribution in [0.1, 0.15) is 18.1 Å². The highest BCUT2D eigenvalue weighted by Gasteiger charge is 2.22.